The Morgan fingerprint density at radius 1 is 1.00 bits per heavy atom. The average Bonchev–Trinajstić information content (AvgIpc) is 2.41. The normalized spacial score (nSPS) is 10.4. The number of phenols is 1. The van der Waals surface area contributed by atoms with Crippen LogP contribution in [0.25, 0.3) is 0 Å². The molecule has 0 spiro atoms. The zero-order valence-corrected chi connectivity index (χ0v) is 9.96. The number of halogens is 1. The van der Waals surface area contributed by atoms with Crippen molar-refractivity contribution in [3.05, 3.63) is 53.1 Å². The molecule has 2 aromatic carbocycles. The highest BCUT2D eigenvalue weighted by molar-refractivity contribution is 6.32. The van der Waals surface area contributed by atoms with Gasteiger partial charge in [-0.3, -0.25) is 0 Å². The van der Waals surface area contributed by atoms with Crippen LogP contribution in [0.2, 0.25) is 5.02 Å². The number of hydrogen-bond acceptors (Lipinski definition) is 4. The van der Waals surface area contributed by atoms with Crippen LogP contribution in [0.1, 0.15) is 5.56 Å². The maximum Gasteiger partial charge on any atom is 0.134 e. The van der Waals surface area contributed by atoms with Gasteiger partial charge in [-0.1, -0.05) is 11.6 Å². The third-order valence-corrected chi connectivity index (χ3v) is 2.51. The molecular formula is C13H8ClN3O. The molecule has 0 bridgehead atoms. The van der Waals surface area contributed by atoms with Gasteiger partial charge in [0.25, 0.3) is 0 Å². The number of nitrogens with zero attached hydrogens (tertiary/aromatic N) is 3. The molecule has 0 fully saturated rings. The Bertz CT molecular complexity index is 630. The predicted octanol–water partition coefficient (Wildman–Crippen LogP) is 4.33. The summed E-state index contributed by atoms with van der Waals surface area (Å²) in [6, 6.07) is 13.3. The Balaban J connectivity index is 2.19. The molecule has 88 valence electrons. The molecule has 4 nitrogen and oxygen atoms in total. The van der Waals surface area contributed by atoms with Gasteiger partial charge >= 0.3 is 0 Å². The monoisotopic (exact) mass is 257 g/mol. The fraction of sp³-hybridized carbons (Fsp3) is 0. The average molecular weight is 258 g/mol. The highest BCUT2D eigenvalue weighted by Crippen LogP contribution is 2.28. The molecule has 0 saturated carbocycles. The Hall–Kier alpha value is -2.38. The van der Waals surface area contributed by atoms with E-state index in [1.807, 2.05) is 6.07 Å². The van der Waals surface area contributed by atoms with Gasteiger partial charge in [0.05, 0.1) is 28.0 Å². The number of nitriles is 1. The van der Waals surface area contributed by atoms with Crippen molar-refractivity contribution in [1.29, 1.82) is 5.26 Å². The quantitative estimate of drug-likeness (QED) is 0.814. The van der Waals surface area contributed by atoms with Gasteiger partial charge in [-0.2, -0.15) is 15.5 Å². The second-order valence-corrected chi connectivity index (χ2v) is 3.90. The SMILES string of the molecule is N#Cc1ccc(N=Nc2ccc(O)c(Cl)c2)cc1. The molecule has 0 unspecified atom stereocenters. The molecule has 0 amide bonds. The summed E-state index contributed by atoms with van der Waals surface area (Å²) < 4.78 is 0. The summed E-state index contributed by atoms with van der Waals surface area (Å²) in [6.07, 6.45) is 0. The number of rotatable bonds is 2. The topological polar surface area (TPSA) is 68.7 Å². The van der Waals surface area contributed by atoms with Crippen molar-refractivity contribution in [3.8, 4) is 11.8 Å². The maximum atomic E-state index is 9.25. The Labute approximate surface area is 109 Å². The number of phenolic OH excluding ortho intramolecular Hbond substituents is 1. The molecule has 0 atom stereocenters. The highest BCUT2D eigenvalue weighted by atomic mass is 35.5. The third-order valence-electron chi connectivity index (χ3n) is 2.21. The molecule has 0 aliphatic heterocycles. The minimum absolute atomic E-state index is 0.00832. The first kappa shape index (κ1) is 12.1. The molecule has 18 heavy (non-hydrogen) atoms. The second kappa shape index (κ2) is 5.30. The number of azo groups is 1. The lowest BCUT2D eigenvalue weighted by Gasteiger charge is -1.97. The molecule has 2 aromatic rings. The number of hydrogen-bond donors (Lipinski definition) is 1. The minimum atomic E-state index is 0.00832. The van der Waals surface area contributed by atoms with Gasteiger partial charge in [-0.25, -0.2) is 0 Å². The summed E-state index contributed by atoms with van der Waals surface area (Å²) in [5.74, 6) is 0.00832. The number of aromatic hydroxyl groups is 1. The molecular weight excluding hydrogens is 250 g/mol. The summed E-state index contributed by atoms with van der Waals surface area (Å²) in [5.41, 5.74) is 1.75. The Morgan fingerprint density at radius 3 is 2.22 bits per heavy atom. The summed E-state index contributed by atoms with van der Waals surface area (Å²) in [5, 5.41) is 26.1. The summed E-state index contributed by atoms with van der Waals surface area (Å²) >= 11 is 5.75. The van der Waals surface area contributed by atoms with E-state index >= 15 is 0 Å². The van der Waals surface area contributed by atoms with Gasteiger partial charge in [-0.15, -0.1) is 0 Å². The number of benzene rings is 2. The summed E-state index contributed by atoms with van der Waals surface area (Å²) in [4.78, 5) is 0. The molecule has 1 N–H and O–H groups in total. The van der Waals surface area contributed by atoms with E-state index in [1.54, 1.807) is 30.3 Å². The Morgan fingerprint density at radius 2 is 1.61 bits per heavy atom. The van der Waals surface area contributed by atoms with Gasteiger partial charge in [0.2, 0.25) is 0 Å². The van der Waals surface area contributed by atoms with Crippen molar-refractivity contribution in [2.45, 2.75) is 0 Å². The van der Waals surface area contributed by atoms with Crippen LogP contribution in [0.5, 0.6) is 5.75 Å². The highest BCUT2D eigenvalue weighted by Gasteiger charge is 1.98. The van der Waals surface area contributed by atoms with Crippen molar-refractivity contribution >= 4 is 23.0 Å². The van der Waals surface area contributed by atoms with Crippen LogP contribution < -0.4 is 0 Å². The van der Waals surface area contributed by atoms with Crippen molar-refractivity contribution < 1.29 is 5.11 Å². The molecule has 0 aliphatic carbocycles. The molecule has 0 saturated heterocycles. The maximum absolute atomic E-state index is 9.25. The van der Waals surface area contributed by atoms with Crippen LogP contribution in [-0.4, -0.2) is 5.11 Å². The summed E-state index contributed by atoms with van der Waals surface area (Å²) in [7, 11) is 0. The van der Waals surface area contributed by atoms with Crippen LogP contribution in [0.3, 0.4) is 0 Å². The molecule has 0 heterocycles. The molecule has 2 rings (SSSR count). The van der Waals surface area contributed by atoms with Crippen LogP contribution >= 0.6 is 11.6 Å². The summed E-state index contributed by atoms with van der Waals surface area (Å²) in [6.45, 7) is 0. The van der Waals surface area contributed by atoms with Crippen LogP contribution in [0.15, 0.2) is 52.7 Å². The van der Waals surface area contributed by atoms with Gasteiger partial charge in [-0.05, 0) is 42.5 Å². The lowest BCUT2D eigenvalue weighted by Crippen LogP contribution is -1.71. The third kappa shape index (κ3) is 2.84. The van der Waals surface area contributed by atoms with Gasteiger partial charge in [0.1, 0.15) is 5.75 Å². The second-order valence-electron chi connectivity index (χ2n) is 3.49. The van der Waals surface area contributed by atoms with E-state index in [0.717, 1.165) is 0 Å². The van der Waals surface area contributed by atoms with Gasteiger partial charge in [0.15, 0.2) is 0 Å². The van der Waals surface area contributed by atoms with E-state index in [2.05, 4.69) is 10.2 Å². The van der Waals surface area contributed by atoms with E-state index in [9.17, 15) is 5.11 Å². The van der Waals surface area contributed by atoms with E-state index < -0.39 is 0 Å². The zero-order valence-electron chi connectivity index (χ0n) is 9.21. The molecule has 5 heteroatoms. The van der Waals surface area contributed by atoms with Gasteiger partial charge in [0, 0.05) is 0 Å². The first-order chi connectivity index (χ1) is 8.69. The molecule has 0 aliphatic rings. The lowest BCUT2D eigenvalue weighted by molar-refractivity contribution is 0.475. The van der Waals surface area contributed by atoms with Crippen LogP contribution in [0, 0.1) is 11.3 Å². The standard InChI is InChI=1S/C13H8ClN3O/c14-12-7-11(5-6-13(12)18)17-16-10-3-1-9(8-15)2-4-10/h1-7,18H. The zero-order chi connectivity index (χ0) is 13.0. The minimum Gasteiger partial charge on any atom is -0.506 e. The van der Waals surface area contributed by atoms with E-state index in [4.69, 9.17) is 16.9 Å². The first-order valence-electron chi connectivity index (χ1n) is 5.09. The predicted molar refractivity (Wildman–Crippen MR) is 68.4 cm³/mol. The van der Waals surface area contributed by atoms with Crippen LogP contribution in [0.4, 0.5) is 11.4 Å². The van der Waals surface area contributed by atoms with Crippen molar-refractivity contribution in [2.75, 3.05) is 0 Å². The first-order valence-corrected chi connectivity index (χ1v) is 5.47. The Kier molecular flexibility index (Phi) is 3.56. The van der Waals surface area contributed by atoms with Crippen molar-refractivity contribution in [1.82, 2.24) is 0 Å². The smallest absolute Gasteiger partial charge is 0.134 e. The van der Waals surface area contributed by atoms with E-state index in [0.29, 0.717) is 16.9 Å². The van der Waals surface area contributed by atoms with E-state index in [-0.39, 0.29) is 10.8 Å². The van der Waals surface area contributed by atoms with Crippen LogP contribution in [-0.2, 0) is 0 Å². The van der Waals surface area contributed by atoms with E-state index in [1.165, 1.54) is 12.1 Å². The molecule has 0 aromatic heterocycles. The van der Waals surface area contributed by atoms with Crippen molar-refractivity contribution in [3.63, 3.8) is 0 Å². The van der Waals surface area contributed by atoms with Crippen molar-refractivity contribution in [2.24, 2.45) is 10.2 Å². The fourth-order valence-corrected chi connectivity index (χ4v) is 1.45. The fourth-order valence-electron chi connectivity index (χ4n) is 1.28. The largest absolute Gasteiger partial charge is 0.506 e. The van der Waals surface area contributed by atoms with Gasteiger partial charge < -0.3 is 5.11 Å². The molecule has 0 radical (unpaired) electrons. The lowest BCUT2D eigenvalue weighted by atomic mass is 10.2.